The fraction of sp³-hybridized carbons (Fsp3) is 0.462. The molecular formula is C13H16F2N2O. The van der Waals surface area contributed by atoms with E-state index in [0.717, 1.165) is 37.6 Å². The number of carbonyl (C=O) groups excluding carboxylic acids is 1. The van der Waals surface area contributed by atoms with Crippen molar-refractivity contribution < 1.29 is 13.6 Å². The zero-order valence-corrected chi connectivity index (χ0v) is 10.2. The van der Waals surface area contributed by atoms with Crippen LogP contribution in [0, 0.1) is 11.6 Å². The molecule has 18 heavy (non-hydrogen) atoms. The molecule has 0 saturated carbocycles. The highest BCUT2D eigenvalue weighted by molar-refractivity contribution is 5.94. The van der Waals surface area contributed by atoms with Gasteiger partial charge in [-0.3, -0.25) is 4.79 Å². The molecule has 1 aliphatic rings. The van der Waals surface area contributed by atoms with E-state index in [4.69, 9.17) is 0 Å². The van der Waals surface area contributed by atoms with Gasteiger partial charge in [-0.25, -0.2) is 8.78 Å². The molecule has 3 nitrogen and oxygen atoms in total. The highest BCUT2D eigenvalue weighted by Crippen LogP contribution is 2.12. The summed E-state index contributed by atoms with van der Waals surface area (Å²) in [6.07, 6.45) is 1.80. The van der Waals surface area contributed by atoms with E-state index < -0.39 is 17.5 Å². The summed E-state index contributed by atoms with van der Waals surface area (Å²) in [6, 6.07) is 2.98. The van der Waals surface area contributed by atoms with Crippen LogP contribution in [0.3, 0.4) is 0 Å². The van der Waals surface area contributed by atoms with Gasteiger partial charge in [0.15, 0.2) is 0 Å². The van der Waals surface area contributed by atoms with Crippen molar-refractivity contribution in [1.82, 2.24) is 10.6 Å². The third-order valence-corrected chi connectivity index (χ3v) is 3.25. The number of benzene rings is 1. The molecular weight excluding hydrogens is 238 g/mol. The van der Waals surface area contributed by atoms with E-state index in [1.807, 2.05) is 6.92 Å². The van der Waals surface area contributed by atoms with Gasteiger partial charge < -0.3 is 10.6 Å². The van der Waals surface area contributed by atoms with E-state index in [1.165, 1.54) is 0 Å². The Morgan fingerprint density at radius 2 is 2.22 bits per heavy atom. The summed E-state index contributed by atoms with van der Waals surface area (Å²) in [4.78, 5) is 11.9. The average molecular weight is 254 g/mol. The van der Waals surface area contributed by atoms with E-state index in [1.54, 1.807) is 0 Å². The summed E-state index contributed by atoms with van der Waals surface area (Å²) >= 11 is 0. The first kappa shape index (κ1) is 13.0. The summed E-state index contributed by atoms with van der Waals surface area (Å²) in [7, 11) is 0. The maximum absolute atomic E-state index is 13.4. The molecule has 0 aromatic heterocycles. The van der Waals surface area contributed by atoms with Crippen LogP contribution in [0.5, 0.6) is 0 Å². The van der Waals surface area contributed by atoms with Gasteiger partial charge >= 0.3 is 0 Å². The molecule has 0 aliphatic carbocycles. The maximum atomic E-state index is 13.4. The Bertz CT molecular complexity index is 451. The molecule has 98 valence electrons. The third-order valence-electron chi connectivity index (χ3n) is 3.25. The second-order valence-corrected chi connectivity index (χ2v) is 4.59. The lowest BCUT2D eigenvalue weighted by Crippen LogP contribution is -2.52. The normalized spacial score (nSPS) is 23.7. The summed E-state index contributed by atoms with van der Waals surface area (Å²) in [5.41, 5.74) is -0.243. The van der Waals surface area contributed by atoms with Crippen LogP contribution in [0.2, 0.25) is 0 Å². The number of nitrogens with one attached hydrogen (secondary N) is 2. The van der Waals surface area contributed by atoms with Crippen molar-refractivity contribution in [3.63, 3.8) is 0 Å². The van der Waals surface area contributed by atoms with Crippen molar-refractivity contribution in [2.45, 2.75) is 31.8 Å². The van der Waals surface area contributed by atoms with Crippen LogP contribution < -0.4 is 10.6 Å². The third kappa shape index (κ3) is 2.85. The first-order chi connectivity index (χ1) is 8.58. The van der Waals surface area contributed by atoms with E-state index in [9.17, 15) is 13.6 Å². The first-order valence-corrected chi connectivity index (χ1v) is 6.07. The fourth-order valence-corrected chi connectivity index (χ4v) is 2.16. The molecule has 1 fully saturated rings. The number of halogens is 2. The zero-order chi connectivity index (χ0) is 13.1. The largest absolute Gasteiger partial charge is 0.348 e. The molecule has 0 bridgehead atoms. The smallest absolute Gasteiger partial charge is 0.254 e. The van der Waals surface area contributed by atoms with Crippen LogP contribution in [-0.2, 0) is 0 Å². The van der Waals surface area contributed by atoms with Gasteiger partial charge in [0, 0.05) is 12.1 Å². The standard InChI is InChI=1S/C13H16F2N2O/c1-8-12(3-2-6-16-8)17-13(18)10-7-9(14)4-5-11(10)15/h4-5,7-8,12,16H,2-3,6H2,1H3,(H,17,18)/t8-,12+/m0/s1. The number of amides is 1. The van der Waals surface area contributed by atoms with E-state index in [0.29, 0.717) is 0 Å². The minimum Gasteiger partial charge on any atom is -0.348 e. The topological polar surface area (TPSA) is 41.1 Å². The van der Waals surface area contributed by atoms with Crippen molar-refractivity contribution in [2.24, 2.45) is 0 Å². The predicted molar refractivity (Wildman–Crippen MR) is 64.3 cm³/mol. The van der Waals surface area contributed by atoms with Crippen molar-refractivity contribution in [3.8, 4) is 0 Å². The second kappa shape index (κ2) is 5.44. The molecule has 2 N–H and O–H groups in total. The molecule has 2 rings (SSSR count). The molecule has 0 radical (unpaired) electrons. The van der Waals surface area contributed by atoms with Gasteiger partial charge in [0.05, 0.1) is 5.56 Å². The predicted octanol–water partition coefficient (Wildman–Crippen LogP) is 1.84. The van der Waals surface area contributed by atoms with Crippen LogP contribution in [0.4, 0.5) is 8.78 Å². The first-order valence-electron chi connectivity index (χ1n) is 6.07. The van der Waals surface area contributed by atoms with Gasteiger partial charge in [-0.1, -0.05) is 0 Å². The van der Waals surface area contributed by atoms with Gasteiger partial charge in [-0.2, -0.15) is 0 Å². The van der Waals surface area contributed by atoms with Crippen molar-refractivity contribution >= 4 is 5.91 Å². The minimum atomic E-state index is -0.703. The van der Waals surface area contributed by atoms with Gasteiger partial charge in [-0.05, 0) is 44.5 Å². The molecule has 1 saturated heterocycles. The van der Waals surface area contributed by atoms with Crippen molar-refractivity contribution in [1.29, 1.82) is 0 Å². The molecule has 1 aromatic rings. The SMILES string of the molecule is C[C@@H]1NCCC[C@H]1NC(=O)c1cc(F)ccc1F. The lowest BCUT2D eigenvalue weighted by Gasteiger charge is -2.30. The molecule has 0 spiro atoms. The number of rotatable bonds is 2. The van der Waals surface area contributed by atoms with Crippen LogP contribution in [0.15, 0.2) is 18.2 Å². The molecule has 1 amide bonds. The Kier molecular flexibility index (Phi) is 3.91. The lowest BCUT2D eigenvalue weighted by molar-refractivity contribution is 0.0915. The molecule has 1 heterocycles. The van der Waals surface area contributed by atoms with Crippen molar-refractivity contribution in [3.05, 3.63) is 35.4 Å². The molecule has 0 unspecified atom stereocenters. The Hall–Kier alpha value is -1.49. The van der Waals surface area contributed by atoms with Crippen LogP contribution in [-0.4, -0.2) is 24.5 Å². The minimum absolute atomic E-state index is 0.0473. The fourth-order valence-electron chi connectivity index (χ4n) is 2.16. The quantitative estimate of drug-likeness (QED) is 0.845. The summed E-state index contributed by atoms with van der Waals surface area (Å²) in [5.74, 6) is -1.88. The van der Waals surface area contributed by atoms with E-state index >= 15 is 0 Å². The zero-order valence-electron chi connectivity index (χ0n) is 10.2. The van der Waals surface area contributed by atoms with E-state index in [2.05, 4.69) is 10.6 Å². The molecule has 5 heteroatoms. The van der Waals surface area contributed by atoms with E-state index in [-0.39, 0.29) is 17.6 Å². The average Bonchev–Trinajstić information content (AvgIpc) is 2.35. The van der Waals surface area contributed by atoms with Crippen molar-refractivity contribution in [2.75, 3.05) is 6.54 Å². The second-order valence-electron chi connectivity index (χ2n) is 4.59. The van der Waals surface area contributed by atoms with Crippen LogP contribution in [0.25, 0.3) is 0 Å². The van der Waals surface area contributed by atoms with Crippen LogP contribution >= 0.6 is 0 Å². The summed E-state index contributed by atoms with van der Waals surface area (Å²) < 4.78 is 26.4. The Morgan fingerprint density at radius 1 is 1.44 bits per heavy atom. The summed E-state index contributed by atoms with van der Waals surface area (Å²) in [5, 5.41) is 5.98. The number of piperidine rings is 1. The Balaban J connectivity index is 2.09. The number of carbonyl (C=O) groups is 1. The molecule has 1 aromatic carbocycles. The maximum Gasteiger partial charge on any atom is 0.254 e. The highest BCUT2D eigenvalue weighted by Gasteiger charge is 2.24. The Morgan fingerprint density at radius 3 is 2.94 bits per heavy atom. The number of hydrogen-bond donors (Lipinski definition) is 2. The van der Waals surface area contributed by atoms with Crippen LogP contribution in [0.1, 0.15) is 30.1 Å². The van der Waals surface area contributed by atoms with Gasteiger partial charge in [0.25, 0.3) is 5.91 Å². The van der Waals surface area contributed by atoms with Gasteiger partial charge in [-0.15, -0.1) is 0 Å². The van der Waals surface area contributed by atoms with Gasteiger partial charge in [0.1, 0.15) is 11.6 Å². The highest BCUT2D eigenvalue weighted by atomic mass is 19.1. The lowest BCUT2D eigenvalue weighted by atomic mass is 9.99. The molecule has 1 aliphatic heterocycles. The van der Waals surface area contributed by atoms with Gasteiger partial charge in [0.2, 0.25) is 0 Å². The molecule has 2 atom stereocenters. The monoisotopic (exact) mass is 254 g/mol. The summed E-state index contributed by atoms with van der Waals surface area (Å²) in [6.45, 7) is 2.88. The number of hydrogen-bond acceptors (Lipinski definition) is 2. The Labute approximate surface area is 105 Å².